The van der Waals surface area contributed by atoms with Crippen LogP contribution in [0.5, 0.6) is 0 Å². The highest BCUT2D eigenvalue weighted by molar-refractivity contribution is 7.80. The maximum absolute atomic E-state index is 5.48. The number of para-hydroxylation sites is 1. The number of nitrogens with one attached hydrogen (secondary N) is 2. The summed E-state index contributed by atoms with van der Waals surface area (Å²) in [4.78, 5) is 17.0. The summed E-state index contributed by atoms with van der Waals surface area (Å²) in [7, 11) is 0. The van der Waals surface area contributed by atoms with Crippen LogP contribution < -0.4 is 25.3 Å². The number of piperidine rings is 1. The fourth-order valence-corrected chi connectivity index (χ4v) is 5.21. The zero-order chi connectivity index (χ0) is 23.4. The molecule has 2 N–H and O–H groups in total. The lowest BCUT2D eigenvalue weighted by Crippen LogP contribution is -2.47. The van der Waals surface area contributed by atoms with Crippen LogP contribution in [0.15, 0.2) is 36.4 Å². The predicted octanol–water partition coefficient (Wildman–Crippen LogP) is 3.98. The molecule has 0 spiro atoms. The summed E-state index contributed by atoms with van der Waals surface area (Å²) in [6.07, 6.45) is 1.27. The van der Waals surface area contributed by atoms with Gasteiger partial charge in [-0.25, -0.2) is 0 Å². The standard InChI is InChI=1S/C25H37N7S/c1-18(2)26-25(33)29-24-27-22(15-23(28-24)32-16-19(3)14-20(4)17-32)31-12-10-30(11-13-31)21-8-6-5-7-9-21/h5-9,15,18-20H,10-14,16-17H2,1-4H3,(H2,26,27,28,29,33)/t19-,20-/m1/s1. The summed E-state index contributed by atoms with van der Waals surface area (Å²) in [5, 5.41) is 7.02. The molecule has 7 nitrogen and oxygen atoms in total. The smallest absolute Gasteiger partial charge is 0.232 e. The fourth-order valence-electron chi connectivity index (χ4n) is 4.88. The third-order valence-corrected chi connectivity index (χ3v) is 6.48. The van der Waals surface area contributed by atoms with Crippen LogP contribution in [0.1, 0.15) is 34.1 Å². The van der Waals surface area contributed by atoms with E-state index in [9.17, 15) is 0 Å². The van der Waals surface area contributed by atoms with E-state index in [1.54, 1.807) is 0 Å². The second-order valence-electron chi connectivity index (χ2n) is 9.82. The van der Waals surface area contributed by atoms with Crippen molar-refractivity contribution in [3.8, 4) is 0 Å². The van der Waals surface area contributed by atoms with E-state index in [2.05, 4.69) is 89.4 Å². The van der Waals surface area contributed by atoms with Crippen molar-refractivity contribution < 1.29 is 0 Å². The normalized spacial score (nSPS) is 21.3. The Morgan fingerprint density at radius 3 is 2.09 bits per heavy atom. The van der Waals surface area contributed by atoms with E-state index in [0.717, 1.165) is 50.9 Å². The van der Waals surface area contributed by atoms with Gasteiger partial charge in [0.1, 0.15) is 11.6 Å². The van der Waals surface area contributed by atoms with Crippen LogP contribution >= 0.6 is 12.2 Å². The number of nitrogens with zero attached hydrogens (tertiary/aromatic N) is 5. The number of hydrogen-bond donors (Lipinski definition) is 2. The lowest BCUT2D eigenvalue weighted by atomic mass is 9.92. The molecule has 3 heterocycles. The number of hydrogen-bond acceptors (Lipinski definition) is 6. The first-order valence-electron chi connectivity index (χ1n) is 12.1. The molecule has 2 aliphatic rings. The number of aromatic nitrogens is 2. The lowest BCUT2D eigenvalue weighted by molar-refractivity contribution is 0.355. The highest BCUT2D eigenvalue weighted by Crippen LogP contribution is 2.29. The highest BCUT2D eigenvalue weighted by Gasteiger charge is 2.25. The van der Waals surface area contributed by atoms with Crippen LogP contribution in [0.25, 0.3) is 0 Å². The van der Waals surface area contributed by atoms with Gasteiger partial charge in [-0.2, -0.15) is 9.97 Å². The fraction of sp³-hybridized carbons (Fsp3) is 0.560. The van der Waals surface area contributed by atoms with Gasteiger partial charge in [0.25, 0.3) is 0 Å². The number of rotatable bonds is 5. The van der Waals surface area contributed by atoms with E-state index in [-0.39, 0.29) is 6.04 Å². The Hall–Kier alpha value is -2.61. The SMILES string of the molecule is CC(C)NC(=S)Nc1nc(N2CCN(c3ccccc3)CC2)cc(N2C[C@H](C)C[C@@H](C)C2)n1. The maximum atomic E-state index is 5.48. The molecule has 2 fully saturated rings. The Balaban J connectivity index is 1.54. The molecule has 0 bridgehead atoms. The van der Waals surface area contributed by atoms with Crippen molar-refractivity contribution in [2.45, 2.75) is 40.2 Å². The number of anilines is 4. The average molecular weight is 468 g/mol. The molecule has 1 aromatic heterocycles. The molecule has 0 saturated carbocycles. The molecule has 0 radical (unpaired) electrons. The minimum atomic E-state index is 0.252. The first-order chi connectivity index (χ1) is 15.9. The maximum Gasteiger partial charge on any atom is 0.232 e. The number of benzene rings is 1. The zero-order valence-electron chi connectivity index (χ0n) is 20.3. The summed E-state index contributed by atoms with van der Waals surface area (Å²) in [5.41, 5.74) is 1.28. The third-order valence-electron chi connectivity index (χ3n) is 6.26. The van der Waals surface area contributed by atoms with E-state index in [4.69, 9.17) is 22.2 Å². The number of thiocarbonyl (C=S) groups is 1. The first kappa shape index (κ1) is 23.5. The molecular weight excluding hydrogens is 430 g/mol. The van der Waals surface area contributed by atoms with E-state index < -0.39 is 0 Å². The zero-order valence-corrected chi connectivity index (χ0v) is 21.1. The van der Waals surface area contributed by atoms with E-state index in [1.807, 2.05) is 0 Å². The Labute approximate surface area is 203 Å². The largest absolute Gasteiger partial charge is 0.368 e. The Kier molecular flexibility index (Phi) is 7.53. The Morgan fingerprint density at radius 1 is 0.909 bits per heavy atom. The molecule has 0 amide bonds. The van der Waals surface area contributed by atoms with Gasteiger partial charge < -0.3 is 25.3 Å². The molecule has 0 unspecified atom stereocenters. The van der Waals surface area contributed by atoms with Gasteiger partial charge in [-0.3, -0.25) is 0 Å². The van der Waals surface area contributed by atoms with Crippen LogP contribution in [0, 0.1) is 11.8 Å². The molecule has 2 aromatic rings. The van der Waals surface area contributed by atoms with Gasteiger partial charge in [-0.1, -0.05) is 32.0 Å². The number of piperazine rings is 1. The third kappa shape index (κ3) is 6.25. The Morgan fingerprint density at radius 2 is 1.48 bits per heavy atom. The second kappa shape index (κ2) is 10.5. The van der Waals surface area contributed by atoms with E-state index in [1.165, 1.54) is 12.1 Å². The molecule has 178 valence electrons. The molecule has 2 atom stereocenters. The van der Waals surface area contributed by atoms with Gasteiger partial charge in [0.15, 0.2) is 5.11 Å². The van der Waals surface area contributed by atoms with Gasteiger partial charge in [0, 0.05) is 57.1 Å². The molecule has 2 saturated heterocycles. The highest BCUT2D eigenvalue weighted by atomic mass is 32.1. The van der Waals surface area contributed by atoms with Crippen LogP contribution in [-0.2, 0) is 0 Å². The molecule has 0 aliphatic carbocycles. The van der Waals surface area contributed by atoms with Crippen molar-refractivity contribution in [2.24, 2.45) is 11.8 Å². The Bertz CT molecular complexity index is 918. The topological polar surface area (TPSA) is 59.6 Å². The summed E-state index contributed by atoms with van der Waals surface area (Å²) in [6.45, 7) is 14.6. The average Bonchev–Trinajstić information content (AvgIpc) is 2.78. The first-order valence-corrected chi connectivity index (χ1v) is 12.5. The monoisotopic (exact) mass is 467 g/mol. The van der Waals surface area contributed by atoms with Crippen molar-refractivity contribution in [1.82, 2.24) is 15.3 Å². The van der Waals surface area contributed by atoms with Crippen LogP contribution in [-0.4, -0.2) is 60.4 Å². The van der Waals surface area contributed by atoms with Gasteiger partial charge in [0.05, 0.1) is 0 Å². The van der Waals surface area contributed by atoms with Crippen molar-refractivity contribution >= 4 is 40.6 Å². The van der Waals surface area contributed by atoms with E-state index in [0.29, 0.717) is 22.9 Å². The van der Waals surface area contributed by atoms with Crippen molar-refractivity contribution in [3.63, 3.8) is 0 Å². The minimum absolute atomic E-state index is 0.252. The molecular formula is C25H37N7S. The quantitative estimate of drug-likeness (QED) is 0.641. The molecule has 2 aliphatic heterocycles. The van der Waals surface area contributed by atoms with Crippen LogP contribution in [0.3, 0.4) is 0 Å². The van der Waals surface area contributed by atoms with Gasteiger partial charge in [-0.15, -0.1) is 0 Å². The van der Waals surface area contributed by atoms with Crippen molar-refractivity contribution in [1.29, 1.82) is 0 Å². The van der Waals surface area contributed by atoms with Gasteiger partial charge in [0.2, 0.25) is 5.95 Å². The summed E-state index contributed by atoms with van der Waals surface area (Å²) in [6, 6.07) is 13.0. The summed E-state index contributed by atoms with van der Waals surface area (Å²) >= 11 is 5.48. The summed E-state index contributed by atoms with van der Waals surface area (Å²) in [5.74, 6) is 3.83. The van der Waals surface area contributed by atoms with Crippen LogP contribution in [0.4, 0.5) is 23.3 Å². The lowest BCUT2D eigenvalue weighted by Gasteiger charge is -2.38. The van der Waals surface area contributed by atoms with E-state index >= 15 is 0 Å². The molecule has 1 aromatic carbocycles. The second-order valence-corrected chi connectivity index (χ2v) is 10.2. The molecule has 8 heteroatoms. The van der Waals surface area contributed by atoms with Crippen molar-refractivity contribution in [3.05, 3.63) is 36.4 Å². The molecule has 33 heavy (non-hydrogen) atoms. The summed E-state index contributed by atoms with van der Waals surface area (Å²) < 4.78 is 0. The predicted molar refractivity (Wildman–Crippen MR) is 143 cm³/mol. The minimum Gasteiger partial charge on any atom is -0.368 e. The van der Waals surface area contributed by atoms with Gasteiger partial charge in [-0.05, 0) is 56.5 Å². The molecule has 4 rings (SSSR count). The van der Waals surface area contributed by atoms with Gasteiger partial charge >= 0.3 is 0 Å². The van der Waals surface area contributed by atoms with Crippen molar-refractivity contribution in [2.75, 3.05) is 59.3 Å². The van der Waals surface area contributed by atoms with Crippen LogP contribution in [0.2, 0.25) is 0 Å².